The van der Waals surface area contributed by atoms with Gasteiger partial charge in [-0.2, -0.15) is 0 Å². The first kappa shape index (κ1) is 21.8. The predicted molar refractivity (Wildman–Crippen MR) is 109 cm³/mol. The van der Waals surface area contributed by atoms with Gasteiger partial charge in [0, 0.05) is 24.1 Å². The number of esters is 2. The summed E-state index contributed by atoms with van der Waals surface area (Å²) >= 11 is 0. The highest BCUT2D eigenvalue weighted by atomic mass is 16.5. The first-order valence-corrected chi connectivity index (χ1v) is 9.89. The zero-order valence-electron chi connectivity index (χ0n) is 17.6. The number of ether oxygens (including phenoxy) is 3. The number of hydrogen-bond donors (Lipinski definition) is 1. The topological polar surface area (TPSA) is 73.9 Å². The van der Waals surface area contributed by atoms with E-state index in [1.54, 1.807) is 7.11 Å². The van der Waals surface area contributed by atoms with Crippen LogP contribution in [0.3, 0.4) is 0 Å². The smallest absolute Gasteiger partial charge is 0.341 e. The van der Waals surface area contributed by atoms with Crippen LogP contribution in [-0.4, -0.2) is 32.2 Å². The van der Waals surface area contributed by atoms with Crippen LogP contribution in [0.1, 0.15) is 67.1 Å². The van der Waals surface area contributed by atoms with E-state index in [9.17, 15) is 9.59 Å². The highest BCUT2D eigenvalue weighted by Gasteiger charge is 2.31. The lowest BCUT2D eigenvalue weighted by molar-refractivity contribution is -0.143. The molecule has 1 N–H and O–H groups in total. The van der Waals surface area contributed by atoms with E-state index in [-0.39, 0.29) is 18.5 Å². The number of benzene rings is 1. The van der Waals surface area contributed by atoms with Crippen molar-refractivity contribution in [2.75, 3.05) is 25.6 Å². The van der Waals surface area contributed by atoms with Gasteiger partial charge in [-0.05, 0) is 45.6 Å². The fraction of sp³-hybridized carbons (Fsp3) is 0.545. The molecule has 6 heteroatoms. The number of fused-ring (bicyclic) bond motifs is 1. The summed E-state index contributed by atoms with van der Waals surface area (Å²) in [6.07, 6.45) is 4.52. The largest absolute Gasteiger partial charge is 0.496 e. The summed E-state index contributed by atoms with van der Waals surface area (Å²) in [7, 11) is 1.64. The molecule has 154 valence electrons. The Morgan fingerprint density at radius 1 is 1.29 bits per heavy atom. The number of nitrogens with one attached hydrogen (secondary N) is 1. The molecule has 28 heavy (non-hydrogen) atoms. The Balaban J connectivity index is 2.27. The third-order valence-electron chi connectivity index (χ3n) is 4.88. The van der Waals surface area contributed by atoms with Gasteiger partial charge in [0.1, 0.15) is 12.4 Å². The molecule has 1 aliphatic rings. The summed E-state index contributed by atoms with van der Waals surface area (Å²) in [5.41, 5.74) is 5.26. The number of carbonyl (C=O) groups is 2. The van der Waals surface area contributed by atoms with Crippen molar-refractivity contribution in [2.45, 2.75) is 60.0 Å². The third kappa shape index (κ3) is 4.86. The maximum atomic E-state index is 12.3. The van der Waals surface area contributed by atoms with Crippen LogP contribution in [0.15, 0.2) is 11.6 Å². The number of carbonyl (C=O) groups excluding carboxylic acids is 2. The Hall–Kier alpha value is -2.50. The molecule has 0 unspecified atom stereocenters. The molecule has 0 aromatic heterocycles. The van der Waals surface area contributed by atoms with Gasteiger partial charge in [0.15, 0.2) is 0 Å². The number of hydrogen-bond acceptors (Lipinski definition) is 6. The maximum absolute atomic E-state index is 12.3. The Kier molecular flexibility index (Phi) is 7.91. The summed E-state index contributed by atoms with van der Waals surface area (Å²) in [6, 6.07) is 0. The van der Waals surface area contributed by atoms with E-state index in [4.69, 9.17) is 14.2 Å². The molecule has 0 bridgehead atoms. The van der Waals surface area contributed by atoms with Crippen LogP contribution in [0.25, 0.3) is 0 Å². The van der Waals surface area contributed by atoms with Gasteiger partial charge in [-0.15, -0.1) is 0 Å². The molecule has 0 amide bonds. The molecule has 0 fully saturated rings. The SMILES string of the molecule is CCCOC(=O)CCC(C)=CCc1c(NCC)c2c(c(C)c1OC)COC2=O. The van der Waals surface area contributed by atoms with Crippen LogP contribution in [0.4, 0.5) is 5.69 Å². The summed E-state index contributed by atoms with van der Waals surface area (Å²) in [6.45, 7) is 9.36. The highest BCUT2D eigenvalue weighted by Crippen LogP contribution is 2.41. The molecule has 0 aliphatic carbocycles. The standard InChI is InChI=1S/C22H31NO5/c1-6-12-27-18(24)11-9-14(3)8-10-16-20(23-7-2)19-17(13-28-22(19)25)15(4)21(16)26-5/h8,23H,6-7,9-13H2,1-5H3. The minimum Gasteiger partial charge on any atom is -0.496 e. The van der Waals surface area contributed by atoms with Crippen LogP contribution in [-0.2, 0) is 27.3 Å². The van der Waals surface area contributed by atoms with Crippen molar-refractivity contribution < 1.29 is 23.8 Å². The molecule has 0 atom stereocenters. The lowest BCUT2D eigenvalue weighted by Crippen LogP contribution is -2.11. The van der Waals surface area contributed by atoms with Gasteiger partial charge >= 0.3 is 11.9 Å². The molecule has 2 rings (SSSR count). The van der Waals surface area contributed by atoms with E-state index < -0.39 is 0 Å². The van der Waals surface area contributed by atoms with E-state index in [1.165, 1.54) is 0 Å². The molecule has 0 saturated carbocycles. The van der Waals surface area contributed by atoms with Gasteiger partial charge in [0.25, 0.3) is 0 Å². The second-order valence-corrected chi connectivity index (χ2v) is 6.95. The molecule has 0 saturated heterocycles. The zero-order chi connectivity index (χ0) is 20.7. The van der Waals surface area contributed by atoms with E-state index in [1.807, 2.05) is 27.7 Å². The lowest BCUT2D eigenvalue weighted by atomic mass is 9.93. The van der Waals surface area contributed by atoms with Gasteiger partial charge in [0.05, 0.1) is 25.0 Å². The van der Waals surface area contributed by atoms with Gasteiger partial charge < -0.3 is 19.5 Å². The van der Waals surface area contributed by atoms with Crippen LogP contribution in [0, 0.1) is 6.92 Å². The first-order chi connectivity index (χ1) is 13.4. The fourth-order valence-corrected chi connectivity index (χ4v) is 3.39. The van der Waals surface area contributed by atoms with Crippen LogP contribution in [0.5, 0.6) is 5.75 Å². The second-order valence-electron chi connectivity index (χ2n) is 6.95. The fourth-order valence-electron chi connectivity index (χ4n) is 3.39. The van der Waals surface area contributed by atoms with Crippen molar-refractivity contribution in [3.63, 3.8) is 0 Å². The first-order valence-electron chi connectivity index (χ1n) is 9.89. The molecule has 6 nitrogen and oxygen atoms in total. The lowest BCUT2D eigenvalue weighted by Gasteiger charge is -2.19. The van der Waals surface area contributed by atoms with Crippen molar-refractivity contribution in [1.82, 2.24) is 0 Å². The summed E-state index contributed by atoms with van der Waals surface area (Å²) in [5.74, 6) is 0.313. The van der Waals surface area contributed by atoms with Crippen molar-refractivity contribution in [3.8, 4) is 5.75 Å². The number of rotatable bonds is 10. The van der Waals surface area contributed by atoms with Crippen molar-refractivity contribution in [1.29, 1.82) is 0 Å². The molecule has 1 heterocycles. The van der Waals surface area contributed by atoms with Gasteiger partial charge in [-0.25, -0.2) is 4.79 Å². The second kappa shape index (κ2) is 10.2. The molecular weight excluding hydrogens is 358 g/mol. The summed E-state index contributed by atoms with van der Waals surface area (Å²) in [5, 5.41) is 3.32. The highest BCUT2D eigenvalue weighted by molar-refractivity contribution is 6.01. The van der Waals surface area contributed by atoms with E-state index in [2.05, 4.69) is 11.4 Å². The van der Waals surface area contributed by atoms with Crippen LogP contribution in [0.2, 0.25) is 0 Å². The summed E-state index contributed by atoms with van der Waals surface area (Å²) < 4.78 is 16.1. The average Bonchev–Trinajstić information content (AvgIpc) is 3.07. The third-order valence-corrected chi connectivity index (χ3v) is 4.88. The zero-order valence-corrected chi connectivity index (χ0v) is 17.6. The van der Waals surface area contributed by atoms with E-state index >= 15 is 0 Å². The van der Waals surface area contributed by atoms with E-state index in [0.717, 1.165) is 40.1 Å². The number of cyclic esters (lactones) is 1. The van der Waals surface area contributed by atoms with Crippen molar-refractivity contribution >= 4 is 17.6 Å². The van der Waals surface area contributed by atoms with Crippen LogP contribution < -0.4 is 10.1 Å². The number of allylic oxidation sites excluding steroid dienone is 2. The number of anilines is 1. The van der Waals surface area contributed by atoms with E-state index in [0.29, 0.717) is 38.0 Å². The molecular formula is C22H31NO5. The molecule has 1 aliphatic heterocycles. The number of methoxy groups -OCH3 is 1. The van der Waals surface area contributed by atoms with Gasteiger partial charge in [-0.3, -0.25) is 4.79 Å². The normalized spacial score (nSPS) is 13.2. The average molecular weight is 389 g/mol. The minimum atomic E-state index is -0.294. The summed E-state index contributed by atoms with van der Waals surface area (Å²) in [4.78, 5) is 24.0. The minimum absolute atomic E-state index is 0.170. The van der Waals surface area contributed by atoms with Crippen molar-refractivity contribution in [2.24, 2.45) is 0 Å². The molecule has 1 aromatic carbocycles. The Labute approximate surface area is 167 Å². The predicted octanol–water partition coefficient (Wildman–Crippen LogP) is 4.33. The van der Waals surface area contributed by atoms with Gasteiger partial charge in [-0.1, -0.05) is 18.6 Å². The Bertz CT molecular complexity index is 767. The quantitative estimate of drug-likeness (QED) is 0.474. The maximum Gasteiger partial charge on any atom is 0.341 e. The molecule has 0 spiro atoms. The van der Waals surface area contributed by atoms with Gasteiger partial charge in [0.2, 0.25) is 0 Å². The Morgan fingerprint density at radius 3 is 2.68 bits per heavy atom. The molecule has 0 radical (unpaired) electrons. The Morgan fingerprint density at radius 2 is 2.04 bits per heavy atom. The van der Waals surface area contributed by atoms with Crippen molar-refractivity contribution in [3.05, 3.63) is 33.9 Å². The molecule has 1 aromatic rings. The monoisotopic (exact) mass is 389 g/mol. The van der Waals surface area contributed by atoms with Crippen LogP contribution >= 0.6 is 0 Å².